The van der Waals surface area contributed by atoms with Crippen LogP contribution in [0.5, 0.6) is 0 Å². The molecule has 9 heteroatoms. The van der Waals surface area contributed by atoms with E-state index in [0.717, 1.165) is 56.6 Å². The molecule has 2 aromatic rings. The minimum atomic E-state index is -0.644. The predicted molar refractivity (Wildman–Crippen MR) is 141 cm³/mol. The molecule has 0 aromatic heterocycles. The summed E-state index contributed by atoms with van der Waals surface area (Å²) in [7, 11) is 0. The van der Waals surface area contributed by atoms with Crippen LogP contribution in [0.25, 0.3) is 0 Å². The van der Waals surface area contributed by atoms with E-state index in [4.69, 9.17) is 4.74 Å². The molecule has 0 radical (unpaired) electrons. The number of anilines is 1. The van der Waals surface area contributed by atoms with Gasteiger partial charge >= 0.3 is 12.1 Å². The quantitative estimate of drug-likeness (QED) is 0.622. The molecule has 3 saturated heterocycles. The van der Waals surface area contributed by atoms with Crippen LogP contribution in [0, 0.1) is 30.0 Å². The molecule has 3 amide bonds. The lowest BCUT2D eigenvalue weighted by atomic mass is 9.95. The van der Waals surface area contributed by atoms with Gasteiger partial charge in [0, 0.05) is 32.2 Å². The van der Waals surface area contributed by atoms with Gasteiger partial charge in [-0.25, -0.2) is 18.9 Å². The first-order valence-electron chi connectivity index (χ1n) is 13.4. The van der Waals surface area contributed by atoms with Gasteiger partial charge in [-0.15, -0.1) is 0 Å². The zero-order valence-corrected chi connectivity index (χ0v) is 21.7. The molecule has 200 valence electrons. The highest BCUT2D eigenvalue weighted by molar-refractivity contribution is 5.92. The van der Waals surface area contributed by atoms with Crippen LogP contribution in [-0.4, -0.2) is 67.3 Å². The van der Waals surface area contributed by atoms with E-state index in [2.05, 4.69) is 16.3 Å². The van der Waals surface area contributed by atoms with Crippen molar-refractivity contribution < 1.29 is 18.7 Å². The van der Waals surface area contributed by atoms with Crippen LogP contribution in [0.3, 0.4) is 0 Å². The Morgan fingerprint density at radius 3 is 2.55 bits per heavy atom. The van der Waals surface area contributed by atoms with Gasteiger partial charge in [-0.05, 0) is 74.4 Å². The Morgan fingerprint density at radius 2 is 1.84 bits per heavy atom. The molecule has 3 aliphatic heterocycles. The topological polar surface area (TPSA) is 88.9 Å². The third kappa shape index (κ3) is 5.46. The second kappa shape index (κ2) is 11.4. The molecule has 0 saturated carbocycles. The second-order valence-corrected chi connectivity index (χ2v) is 10.5. The third-order valence-electron chi connectivity index (χ3n) is 8.09. The maximum atomic E-state index is 13.7. The third-order valence-corrected chi connectivity index (χ3v) is 8.09. The first kappa shape index (κ1) is 26.0. The molecule has 8 nitrogen and oxygen atoms in total. The Bertz CT molecular complexity index is 1210. The maximum absolute atomic E-state index is 13.7. The largest absolute Gasteiger partial charge is 0.446 e. The highest BCUT2D eigenvalue weighted by Gasteiger charge is 2.42. The molecular weight excluding hydrogens is 485 g/mol. The molecule has 38 heavy (non-hydrogen) atoms. The number of imide groups is 1. The van der Waals surface area contributed by atoms with Gasteiger partial charge < -0.3 is 19.9 Å². The number of hydrogen-bond donors (Lipinski definition) is 1. The molecule has 5 rings (SSSR count). The smallest absolute Gasteiger partial charge is 0.418 e. The monoisotopic (exact) mass is 519 g/mol. The summed E-state index contributed by atoms with van der Waals surface area (Å²) < 4.78 is 18.9. The highest BCUT2D eigenvalue weighted by atomic mass is 19.1. The van der Waals surface area contributed by atoms with Gasteiger partial charge in [0.2, 0.25) is 0 Å². The summed E-state index contributed by atoms with van der Waals surface area (Å²) >= 11 is 0. The zero-order valence-electron chi connectivity index (χ0n) is 21.7. The van der Waals surface area contributed by atoms with Crippen LogP contribution < -0.4 is 10.2 Å². The lowest BCUT2D eigenvalue weighted by Gasteiger charge is -2.37. The van der Waals surface area contributed by atoms with Crippen molar-refractivity contribution in [2.45, 2.75) is 44.7 Å². The van der Waals surface area contributed by atoms with E-state index >= 15 is 0 Å². The molecule has 2 aromatic carbocycles. The average molecular weight is 520 g/mol. The Hall–Kier alpha value is -3.64. The van der Waals surface area contributed by atoms with E-state index in [-0.39, 0.29) is 18.5 Å². The standard InChI is InChI=1S/C29H34FN5O3/c1-20-16-22(6-7-25(20)30)27-19-38-29(37)35(27)28(36)34-12-8-21(9-13-34)18-32-24-10-14-33(15-11-24)26-5-3-2-4-23(26)17-31/h2-7,16,21,24,27,32H,8-15,18-19H2,1H3. The number of nitrogens with one attached hydrogen (secondary N) is 1. The van der Waals surface area contributed by atoms with E-state index in [1.807, 2.05) is 24.3 Å². The van der Waals surface area contributed by atoms with Gasteiger partial charge in [0.25, 0.3) is 0 Å². The van der Waals surface area contributed by atoms with Gasteiger partial charge in [0.05, 0.1) is 11.3 Å². The maximum Gasteiger partial charge on any atom is 0.418 e. The number of cyclic esters (lactones) is 1. The number of piperidine rings is 2. The average Bonchev–Trinajstić information content (AvgIpc) is 3.34. The number of rotatable bonds is 5. The van der Waals surface area contributed by atoms with Gasteiger partial charge in [0.15, 0.2) is 0 Å². The Kier molecular flexibility index (Phi) is 7.79. The lowest BCUT2D eigenvalue weighted by Crippen LogP contribution is -2.49. The number of nitrogens with zero attached hydrogens (tertiary/aromatic N) is 4. The van der Waals surface area contributed by atoms with Crippen molar-refractivity contribution >= 4 is 17.8 Å². The van der Waals surface area contributed by atoms with E-state index in [0.29, 0.717) is 36.2 Å². The van der Waals surface area contributed by atoms with Crippen molar-refractivity contribution in [3.63, 3.8) is 0 Å². The predicted octanol–water partition coefficient (Wildman–Crippen LogP) is 4.59. The zero-order chi connectivity index (χ0) is 26.6. The molecule has 3 fully saturated rings. The summed E-state index contributed by atoms with van der Waals surface area (Å²) in [5, 5.41) is 13.1. The fourth-order valence-corrected chi connectivity index (χ4v) is 5.74. The number of halogens is 1. The first-order valence-corrected chi connectivity index (χ1v) is 13.4. The lowest BCUT2D eigenvalue weighted by molar-refractivity contribution is 0.126. The van der Waals surface area contributed by atoms with Crippen LogP contribution >= 0.6 is 0 Å². The molecule has 3 heterocycles. The number of nitriles is 1. The van der Waals surface area contributed by atoms with Crippen LogP contribution in [0.1, 0.15) is 48.4 Å². The number of carbonyl (C=O) groups excluding carboxylic acids is 2. The molecule has 1 atom stereocenters. The summed E-state index contributed by atoms with van der Waals surface area (Å²) in [6.45, 7) is 5.68. The van der Waals surface area contributed by atoms with Crippen molar-refractivity contribution in [2.75, 3.05) is 44.2 Å². The van der Waals surface area contributed by atoms with E-state index < -0.39 is 12.1 Å². The summed E-state index contributed by atoms with van der Waals surface area (Å²) in [4.78, 5) is 30.9. The fourth-order valence-electron chi connectivity index (χ4n) is 5.74. The van der Waals surface area contributed by atoms with Crippen molar-refractivity contribution in [3.8, 4) is 6.07 Å². The van der Waals surface area contributed by atoms with Crippen LogP contribution in [0.15, 0.2) is 42.5 Å². The Labute approximate surface area is 222 Å². The SMILES string of the molecule is Cc1cc(C2COC(=O)N2C(=O)N2CCC(CNC3CCN(c4ccccc4C#N)CC3)CC2)ccc1F. The summed E-state index contributed by atoms with van der Waals surface area (Å²) in [6, 6.07) is 14.3. The van der Waals surface area contributed by atoms with Crippen molar-refractivity contribution in [2.24, 2.45) is 5.92 Å². The van der Waals surface area contributed by atoms with E-state index in [1.165, 1.54) is 11.0 Å². The highest BCUT2D eigenvalue weighted by Crippen LogP contribution is 2.31. The van der Waals surface area contributed by atoms with Crippen molar-refractivity contribution in [3.05, 3.63) is 65.0 Å². The fraction of sp³-hybridized carbons (Fsp3) is 0.483. The van der Waals surface area contributed by atoms with Gasteiger partial charge in [-0.2, -0.15) is 5.26 Å². The summed E-state index contributed by atoms with van der Waals surface area (Å²) in [6.07, 6.45) is 3.15. The number of aryl methyl sites for hydroxylation is 1. The first-order chi connectivity index (χ1) is 18.4. The molecule has 1 unspecified atom stereocenters. The Balaban J connectivity index is 1.09. The number of likely N-dealkylation sites (tertiary alicyclic amines) is 1. The minimum absolute atomic E-state index is 0.0803. The van der Waals surface area contributed by atoms with Crippen molar-refractivity contribution in [1.82, 2.24) is 15.1 Å². The number of para-hydroxylation sites is 1. The normalized spacial score (nSPS) is 20.9. The number of hydrogen-bond acceptors (Lipinski definition) is 6. The minimum Gasteiger partial charge on any atom is -0.446 e. The molecular formula is C29H34FN5O3. The molecule has 0 aliphatic carbocycles. The number of ether oxygens (including phenoxy) is 1. The molecule has 0 spiro atoms. The number of urea groups is 1. The van der Waals surface area contributed by atoms with E-state index in [9.17, 15) is 19.2 Å². The molecule has 1 N–H and O–H groups in total. The summed E-state index contributed by atoms with van der Waals surface area (Å²) in [5.41, 5.74) is 2.91. The number of benzene rings is 2. The number of carbonyl (C=O) groups is 2. The van der Waals surface area contributed by atoms with Gasteiger partial charge in [0.1, 0.15) is 24.5 Å². The van der Waals surface area contributed by atoms with Crippen LogP contribution in [-0.2, 0) is 4.74 Å². The van der Waals surface area contributed by atoms with Crippen LogP contribution in [0.2, 0.25) is 0 Å². The van der Waals surface area contributed by atoms with Gasteiger partial charge in [-0.3, -0.25) is 0 Å². The van der Waals surface area contributed by atoms with E-state index in [1.54, 1.807) is 24.0 Å². The van der Waals surface area contributed by atoms with Crippen LogP contribution in [0.4, 0.5) is 19.7 Å². The van der Waals surface area contributed by atoms with Crippen molar-refractivity contribution in [1.29, 1.82) is 5.26 Å². The molecule has 0 bridgehead atoms. The number of amides is 3. The Morgan fingerprint density at radius 1 is 1.11 bits per heavy atom. The second-order valence-electron chi connectivity index (χ2n) is 10.5. The van der Waals surface area contributed by atoms with Gasteiger partial charge in [-0.1, -0.05) is 24.3 Å². The summed E-state index contributed by atoms with van der Waals surface area (Å²) in [5.74, 6) is 0.153. The molecule has 3 aliphatic rings.